The van der Waals surface area contributed by atoms with Gasteiger partial charge in [0, 0.05) is 23.2 Å². The Balaban J connectivity index is 1.68. The summed E-state index contributed by atoms with van der Waals surface area (Å²) in [5.74, 6) is 0.599. The second-order valence-corrected chi connectivity index (χ2v) is 5.99. The molecule has 28 heavy (non-hydrogen) atoms. The van der Waals surface area contributed by atoms with E-state index in [0.29, 0.717) is 11.3 Å². The summed E-state index contributed by atoms with van der Waals surface area (Å²) in [6.07, 6.45) is 1.29. The van der Waals surface area contributed by atoms with Gasteiger partial charge in [-0.3, -0.25) is 20.2 Å². The van der Waals surface area contributed by atoms with Gasteiger partial charge in [-0.25, -0.2) is 0 Å². The van der Waals surface area contributed by atoms with Crippen LogP contribution in [0.1, 0.15) is 11.3 Å². The molecule has 0 spiro atoms. The number of furan rings is 1. The Bertz CT molecular complexity index is 1060. The quantitative estimate of drug-likeness (QED) is 0.313. The monoisotopic (exact) mass is 401 g/mol. The summed E-state index contributed by atoms with van der Waals surface area (Å²) < 4.78 is 5.54. The average Bonchev–Trinajstić information content (AvgIpc) is 3.14. The van der Waals surface area contributed by atoms with Crippen molar-refractivity contribution in [2.45, 2.75) is 6.61 Å². The van der Waals surface area contributed by atoms with E-state index in [9.17, 15) is 20.2 Å². The van der Waals surface area contributed by atoms with Gasteiger partial charge in [0.2, 0.25) is 0 Å². The van der Waals surface area contributed by atoms with Crippen LogP contribution < -0.4 is 0 Å². The first-order valence-electron chi connectivity index (χ1n) is 7.87. The summed E-state index contributed by atoms with van der Waals surface area (Å²) >= 11 is 5.81. The van der Waals surface area contributed by atoms with E-state index in [2.05, 4.69) is 5.16 Å². The van der Waals surface area contributed by atoms with Crippen molar-refractivity contribution in [3.8, 4) is 11.3 Å². The number of nitro groups is 2. The largest absolute Gasteiger partial charge is 0.455 e. The molecule has 0 radical (unpaired) electrons. The maximum atomic E-state index is 11.2. The number of hydrogen-bond donors (Lipinski definition) is 0. The second kappa shape index (κ2) is 8.31. The van der Waals surface area contributed by atoms with E-state index in [1.54, 1.807) is 24.3 Å². The zero-order valence-electron chi connectivity index (χ0n) is 14.1. The molecule has 0 unspecified atom stereocenters. The summed E-state index contributed by atoms with van der Waals surface area (Å²) in [5.41, 5.74) is 0.660. The molecule has 3 rings (SSSR count). The molecule has 0 aliphatic heterocycles. The normalized spacial score (nSPS) is 10.9. The molecule has 1 heterocycles. The highest BCUT2D eigenvalue weighted by Gasteiger charge is 2.18. The van der Waals surface area contributed by atoms with Gasteiger partial charge < -0.3 is 9.25 Å². The highest BCUT2D eigenvalue weighted by molar-refractivity contribution is 6.30. The fourth-order valence-electron chi connectivity index (χ4n) is 2.39. The van der Waals surface area contributed by atoms with Crippen LogP contribution in [0.2, 0.25) is 5.02 Å². The van der Waals surface area contributed by atoms with Crippen LogP contribution in [0.3, 0.4) is 0 Å². The van der Waals surface area contributed by atoms with Gasteiger partial charge in [-0.15, -0.1) is 0 Å². The molecule has 2 aromatic carbocycles. The number of non-ortho nitro benzene ring substituents is 1. The van der Waals surface area contributed by atoms with E-state index in [1.165, 1.54) is 36.5 Å². The number of nitrogens with zero attached hydrogens (tertiary/aromatic N) is 3. The van der Waals surface area contributed by atoms with Gasteiger partial charge in [0.25, 0.3) is 11.4 Å². The maximum absolute atomic E-state index is 11.2. The van der Waals surface area contributed by atoms with E-state index in [1.807, 2.05) is 0 Å². The highest BCUT2D eigenvalue weighted by Crippen LogP contribution is 2.33. The zero-order chi connectivity index (χ0) is 20.1. The van der Waals surface area contributed by atoms with Gasteiger partial charge in [-0.2, -0.15) is 0 Å². The lowest BCUT2D eigenvalue weighted by Gasteiger charge is -2.00. The first kappa shape index (κ1) is 19.1. The molecule has 0 bridgehead atoms. The van der Waals surface area contributed by atoms with Crippen molar-refractivity contribution in [1.29, 1.82) is 0 Å². The number of oxime groups is 1. The maximum Gasteiger partial charge on any atom is 0.281 e. The first-order valence-corrected chi connectivity index (χ1v) is 8.24. The summed E-state index contributed by atoms with van der Waals surface area (Å²) in [4.78, 5) is 26.0. The van der Waals surface area contributed by atoms with Crippen LogP contribution >= 0.6 is 11.6 Å². The van der Waals surface area contributed by atoms with E-state index in [4.69, 9.17) is 20.9 Å². The predicted octanol–water partition coefficient (Wildman–Crippen LogP) is 4.97. The topological polar surface area (TPSA) is 121 Å². The van der Waals surface area contributed by atoms with Crippen molar-refractivity contribution in [1.82, 2.24) is 0 Å². The molecular formula is C18H12ClN3O6. The molecule has 0 aliphatic carbocycles. The Morgan fingerprint density at radius 2 is 1.89 bits per heavy atom. The van der Waals surface area contributed by atoms with E-state index in [0.717, 1.165) is 0 Å². The standard InChI is InChI=1S/C18H12ClN3O6/c19-13-4-6-16(17(9-13)22(25)26)18-7-5-15(28-18)10-20-27-11-12-2-1-3-14(8-12)21(23)24/h1-10H,11H2/b20-10-. The smallest absolute Gasteiger partial charge is 0.281 e. The number of hydrogen-bond acceptors (Lipinski definition) is 7. The molecular weight excluding hydrogens is 390 g/mol. The van der Waals surface area contributed by atoms with Crippen LogP contribution in [0, 0.1) is 20.2 Å². The number of benzene rings is 2. The van der Waals surface area contributed by atoms with Gasteiger partial charge in [0.1, 0.15) is 24.3 Å². The highest BCUT2D eigenvalue weighted by atomic mass is 35.5. The molecule has 3 aromatic rings. The SMILES string of the molecule is O=[N+]([O-])c1cccc(CO/N=C\c2ccc(-c3ccc(Cl)cc3[N+](=O)[O-])o2)c1. The van der Waals surface area contributed by atoms with Crippen LogP contribution in [0.25, 0.3) is 11.3 Å². The van der Waals surface area contributed by atoms with Gasteiger partial charge >= 0.3 is 0 Å². The minimum absolute atomic E-state index is 0.0361. The molecule has 0 amide bonds. The lowest BCUT2D eigenvalue weighted by Crippen LogP contribution is -1.92. The fraction of sp³-hybridized carbons (Fsp3) is 0.0556. The van der Waals surface area contributed by atoms with Crippen molar-refractivity contribution in [2.24, 2.45) is 5.16 Å². The third-order valence-corrected chi connectivity index (χ3v) is 3.89. The molecule has 0 atom stereocenters. The lowest BCUT2D eigenvalue weighted by atomic mass is 10.1. The third kappa shape index (κ3) is 4.51. The van der Waals surface area contributed by atoms with E-state index < -0.39 is 9.85 Å². The van der Waals surface area contributed by atoms with Gasteiger partial charge in [0.05, 0.1) is 15.4 Å². The molecule has 0 aliphatic rings. The Morgan fingerprint density at radius 3 is 2.64 bits per heavy atom. The van der Waals surface area contributed by atoms with Crippen LogP contribution in [0.15, 0.2) is 64.2 Å². The summed E-state index contributed by atoms with van der Waals surface area (Å²) in [5, 5.41) is 25.9. The van der Waals surface area contributed by atoms with Crippen LogP contribution in [-0.2, 0) is 11.4 Å². The van der Waals surface area contributed by atoms with Crippen molar-refractivity contribution < 1.29 is 19.1 Å². The number of rotatable bonds is 7. The van der Waals surface area contributed by atoms with Gasteiger partial charge in [-0.1, -0.05) is 28.9 Å². The summed E-state index contributed by atoms with van der Waals surface area (Å²) in [6, 6.07) is 13.4. The van der Waals surface area contributed by atoms with Crippen molar-refractivity contribution in [2.75, 3.05) is 0 Å². The fourth-order valence-corrected chi connectivity index (χ4v) is 2.56. The molecule has 142 valence electrons. The minimum Gasteiger partial charge on any atom is -0.455 e. The first-order chi connectivity index (χ1) is 13.4. The number of nitro benzene ring substituents is 2. The predicted molar refractivity (Wildman–Crippen MR) is 101 cm³/mol. The van der Waals surface area contributed by atoms with Crippen LogP contribution in [-0.4, -0.2) is 16.1 Å². The Hall–Kier alpha value is -3.72. The molecule has 0 saturated carbocycles. The molecule has 0 N–H and O–H groups in total. The van der Waals surface area contributed by atoms with Gasteiger partial charge in [-0.05, 0) is 29.8 Å². The molecule has 0 saturated heterocycles. The van der Waals surface area contributed by atoms with Crippen molar-refractivity contribution in [3.63, 3.8) is 0 Å². The van der Waals surface area contributed by atoms with Crippen molar-refractivity contribution >= 4 is 29.2 Å². The second-order valence-electron chi connectivity index (χ2n) is 5.56. The average molecular weight is 402 g/mol. The van der Waals surface area contributed by atoms with E-state index in [-0.39, 0.29) is 34.3 Å². The van der Waals surface area contributed by atoms with Crippen LogP contribution in [0.4, 0.5) is 11.4 Å². The lowest BCUT2D eigenvalue weighted by molar-refractivity contribution is -0.385. The Morgan fingerprint density at radius 1 is 1.07 bits per heavy atom. The van der Waals surface area contributed by atoms with E-state index >= 15 is 0 Å². The molecule has 9 nitrogen and oxygen atoms in total. The number of halogens is 1. The van der Waals surface area contributed by atoms with Crippen LogP contribution in [0.5, 0.6) is 0 Å². The molecule has 0 fully saturated rings. The van der Waals surface area contributed by atoms with Gasteiger partial charge in [0.15, 0.2) is 0 Å². The van der Waals surface area contributed by atoms with Crippen molar-refractivity contribution in [3.05, 3.63) is 91.2 Å². The Labute approximate surface area is 163 Å². The summed E-state index contributed by atoms with van der Waals surface area (Å²) in [6.45, 7) is 0.0361. The summed E-state index contributed by atoms with van der Waals surface area (Å²) in [7, 11) is 0. The molecule has 10 heteroatoms. The minimum atomic E-state index is -0.542. The Kier molecular flexibility index (Phi) is 5.66. The third-order valence-electron chi connectivity index (χ3n) is 3.66. The zero-order valence-corrected chi connectivity index (χ0v) is 14.9. The molecule has 1 aromatic heterocycles.